The van der Waals surface area contributed by atoms with Crippen LogP contribution in [0.1, 0.15) is 12.5 Å². The molecule has 2 aromatic carbocycles. The van der Waals surface area contributed by atoms with Crippen molar-refractivity contribution in [2.24, 2.45) is 0 Å². The summed E-state index contributed by atoms with van der Waals surface area (Å²) in [5.74, 6) is 0.787. The molecule has 0 atom stereocenters. The maximum absolute atomic E-state index is 12.5. The normalized spacial score (nSPS) is 13.8. The number of benzene rings is 2. The van der Waals surface area contributed by atoms with Gasteiger partial charge < -0.3 is 19.9 Å². The Balaban J connectivity index is 1.56. The third-order valence-corrected chi connectivity index (χ3v) is 4.35. The molecule has 2 aromatic rings. The fraction of sp³-hybridized carbons (Fsp3) is 0.300. The lowest BCUT2D eigenvalue weighted by Gasteiger charge is -2.36. The largest absolute Gasteiger partial charge is 0.494 e. The Morgan fingerprint density at radius 1 is 1.12 bits per heavy atom. The minimum absolute atomic E-state index is 0.109. The number of nitriles is 1. The van der Waals surface area contributed by atoms with E-state index in [-0.39, 0.29) is 6.03 Å². The molecule has 1 aliphatic heterocycles. The van der Waals surface area contributed by atoms with Crippen LogP contribution in [0.3, 0.4) is 0 Å². The standard InChI is InChI=1S/C20H22N4O2/c1-2-26-18-9-7-17(8-10-18)22-20(25)24-13-11-23(12-14-24)19-6-4-3-5-16(19)15-21/h3-10H,2,11-14H2,1H3,(H,22,25). The van der Waals surface area contributed by atoms with Crippen molar-refractivity contribution in [3.63, 3.8) is 0 Å². The molecule has 0 aromatic heterocycles. The molecular formula is C20H22N4O2. The predicted octanol–water partition coefficient (Wildman–Crippen LogP) is 3.31. The quantitative estimate of drug-likeness (QED) is 0.918. The molecule has 0 unspecified atom stereocenters. The van der Waals surface area contributed by atoms with E-state index < -0.39 is 0 Å². The summed E-state index contributed by atoms with van der Waals surface area (Å²) in [6, 6.07) is 17.0. The predicted molar refractivity (Wildman–Crippen MR) is 102 cm³/mol. The number of hydrogen-bond acceptors (Lipinski definition) is 4. The van der Waals surface area contributed by atoms with Gasteiger partial charge in [0.25, 0.3) is 0 Å². The fourth-order valence-electron chi connectivity index (χ4n) is 3.00. The molecular weight excluding hydrogens is 328 g/mol. The number of piperazine rings is 1. The first-order valence-electron chi connectivity index (χ1n) is 8.74. The summed E-state index contributed by atoms with van der Waals surface area (Å²) in [5, 5.41) is 12.2. The van der Waals surface area contributed by atoms with Crippen molar-refractivity contribution in [2.45, 2.75) is 6.92 Å². The minimum atomic E-state index is -0.109. The van der Waals surface area contributed by atoms with Crippen molar-refractivity contribution in [3.05, 3.63) is 54.1 Å². The third-order valence-electron chi connectivity index (χ3n) is 4.35. The van der Waals surface area contributed by atoms with Gasteiger partial charge in [0.15, 0.2) is 0 Å². The zero-order chi connectivity index (χ0) is 18.4. The van der Waals surface area contributed by atoms with Gasteiger partial charge in [-0.25, -0.2) is 4.79 Å². The molecule has 134 valence electrons. The van der Waals surface area contributed by atoms with E-state index in [1.54, 1.807) is 4.90 Å². The highest BCUT2D eigenvalue weighted by Crippen LogP contribution is 2.21. The second-order valence-corrected chi connectivity index (χ2v) is 5.99. The van der Waals surface area contributed by atoms with Crippen LogP contribution in [0.15, 0.2) is 48.5 Å². The summed E-state index contributed by atoms with van der Waals surface area (Å²) in [6.45, 7) is 5.19. The first kappa shape index (κ1) is 17.6. The number of carbonyl (C=O) groups excluding carboxylic acids is 1. The molecule has 1 fully saturated rings. The first-order chi connectivity index (χ1) is 12.7. The molecule has 2 amide bonds. The van der Waals surface area contributed by atoms with Crippen LogP contribution in [0.5, 0.6) is 5.75 Å². The number of nitrogens with zero attached hydrogens (tertiary/aromatic N) is 3. The van der Waals surface area contributed by atoms with Gasteiger partial charge in [-0.05, 0) is 43.3 Å². The Kier molecular flexibility index (Phi) is 5.59. The zero-order valence-electron chi connectivity index (χ0n) is 14.8. The highest BCUT2D eigenvalue weighted by atomic mass is 16.5. The number of rotatable bonds is 4. The molecule has 0 spiro atoms. The lowest BCUT2D eigenvalue weighted by molar-refractivity contribution is 0.208. The van der Waals surface area contributed by atoms with Crippen LogP contribution in [0, 0.1) is 11.3 Å². The molecule has 0 radical (unpaired) electrons. The Bertz CT molecular complexity index is 790. The summed E-state index contributed by atoms with van der Waals surface area (Å²) in [7, 11) is 0. The van der Waals surface area contributed by atoms with E-state index in [1.807, 2.05) is 55.5 Å². The van der Waals surface area contributed by atoms with Gasteiger partial charge >= 0.3 is 6.03 Å². The second kappa shape index (κ2) is 8.26. The Hall–Kier alpha value is -3.20. The van der Waals surface area contributed by atoms with E-state index >= 15 is 0 Å². The number of carbonyl (C=O) groups is 1. The van der Waals surface area contributed by atoms with Crippen LogP contribution < -0.4 is 15.0 Å². The second-order valence-electron chi connectivity index (χ2n) is 5.99. The minimum Gasteiger partial charge on any atom is -0.494 e. The summed E-state index contributed by atoms with van der Waals surface area (Å²) >= 11 is 0. The number of para-hydroxylation sites is 1. The Morgan fingerprint density at radius 2 is 1.81 bits per heavy atom. The van der Waals surface area contributed by atoms with Gasteiger partial charge in [0.05, 0.1) is 17.9 Å². The van der Waals surface area contributed by atoms with Gasteiger partial charge in [-0.3, -0.25) is 0 Å². The van der Waals surface area contributed by atoms with Crippen LogP contribution in [0.25, 0.3) is 0 Å². The van der Waals surface area contributed by atoms with Crippen molar-refractivity contribution < 1.29 is 9.53 Å². The van der Waals surface area contributed by atoms with E-state index in [0.29, 0.717) is 38.3 Å². The average Bonchev–Trinajstić information content (AvgIpc) is 2.70. The lowest BCUT2D eigenvalue weighted by Crippen LogP contribution is -2.50. The van der Waals surface area contributed by atoms with Crippen molar-refractivity contribution in [1.82, 2.24) is 4.90 Å². The third kappa shape index (κ3) is 4.06. The molecule has 1 heterocycles. The SMILES string of the molecule is CCOc1ccc(NC(=O)N2CCN(c3ccccc3C#N)CC2)cc1. The summed E-state index contributed by atoms with van der Waals surface area (Å²) in [6.07, 6.45) is 0. The first-order valence-corrected chi connectivity index (χ1v) is 8.74. The Morgan fingerprint density at radius 3 is 2.46 bits per heavy atom. The number of amides is 2. The van der Waals surface area contributed by atoms with E-state index in [9.17, 15) is 10.1 Å². The number of ether oxygens (including phenoxy) is 1. The molecule has 0 aliphatic carbocycles. The van der Waals surface area contributed by atoms with Crippen LogP contribution in [0.2, 0.25) is 0 Å². The summed E-state index contributed by atoms with van der Waals surface area (Å²) < 4.78 is 5.40. The lowest BCUT2D eigenvalue weighted by atomic mass is 10.1. The molecule has 3 rings (SSSR count). The zero-order valence-corrected chi connectivity index (χ0v) is 14.8. The smallest absolute Gasteiger partial charge is 0.321 e. The van der Waals surface area contributed by atoms with E-state index in [4.69, 9.17) is 4.74 Å². The molecule has 6 heteroatoms. The highest BCUT2D eigenvalue weighted by Gasteiger charge is 2.22. The van der Waals surface area contributed by atoms with Crippen LogP contribution in [-0.2, 0) is 0 Å². The maximum Gasteiger partial charge on any atom is 0.321 e. The van der Waals surface area contributed by atoms with Crippen molar-refractivity contribution in [1.29, 1.82) is 5.26 Å². The van der Waals surface area contributed by atoms with Crippen LogP contribution in [0.4, 0.5) is 16.2 Å². The van der Waals surface area contributed by atoms with Gasteiger partial charge in [-0.2, -0.15) is 5.26 Å². The van der Waals surface area contributed by atoms with E-state index in [2.05, 4.69) is 16.3 Å². The highest BCUT2D eigenvalue weighted by molar-refractivity contribution is 5.89. The van der Waals surface area contributed by atoms with Gasteiger partial charge in [0, 0.05) is 31.9 Å². The summed E-state index contributed by atoms with van der Waals surface area (Å²) in [4.78, 5) is 16.4. The topological polar surface area (TPSA) is 68.6 Å². The number of urea groups is 1. The molecule has 6 nitrogen and oxygen atoms in total. The number of nitrogens with one attached hydrogen (secondary N) is 1. The maximum atomic E-state index is 12.5. The van der Waals surface area contributed by atoms with E-state index in [0.717, 1.165) is 17.1 Å². The van der Waals surface area contributed by atoms with Crippen molar-refractivity contribution in [3.8, 4) is 11.8 Å². The summed E-state index contributed by atoms with van der Waals surface area (Å²) in [5.41, 5.74) is 2.34. The van der Waals surface area contributed by atoms with Gasteiger partial charge in [0.1, 0.15) is 11.8 Å². The van der Waals surface area contributed by atoms with Gasteiger partial charge in [-0.1, -0.05) is 12.1 Å². The fourth-order valence-corrected chi connectivity index (χ4v) is 3.00. The molecule has 1 saturated heterocycles. The Labute approximate surface area is 153 Å². The molecule has 26 heavy (non-hydrogen) atoms. The number of anilines is 2. The molecule has 1 aliphatic rings. The molecule has 0 saturated carbocycles. The number of hydrogen-bond donors (Lipinski definition) is 1. The van der Waals surface area contributed by atoms with E-state index in [1.165, 1.54) is 0 Å². The van der Waals surface area contributed by atoms with Crippen molar-refractivity contribution in [2.75, 3.05) is 43.0 Å². The van der Waals surface area contributed by atoms with Crippen LogP contribution in [-0.4, -0.2) is 43.7 Å². The average molecular weight is 350 g/mol. The van der Waals surface area contributed by atoms with Gasteiger partial charge in [0.2, 0.25) is 0 Å². The monoisotopic (exact) mass is 350 g/mol. The van der Waals surface area contributed by atoms with Crippen molar-refractivity contribution >= 4 is 17.4 Å². The van der Waals surface area contributed by atoms with Crippen LogP contribution >= 0.6 is 0 Å². The molecule has 1 N–H and O–H groups in total. The molecule has 0 bridgehead atoms. The van der Waals surface area contributed by atoms with Gasteiger partial charge in [-0.15, -0.1) is 0 Å².